The SMILES string of the molecule is C1=CC(C2CC[N-]CC2)=CC[N-]1.C1CC(C2CC[N-]CC2)CC[N-]1.O.O.[Cd+2].[Cd+2].[Cd+2].[NH2-].[NH2-]. The summed E-state index contributed by atoms with van der Waals surface area (Å²) in [6.45, 7) is 7.46. The summed E-state index contributed by atoms with van der Waals surface area (Å²) >= 11 is 0. The van der Waals surface area contributed by atoms with Crippen LogP contribution in [0.2, 0.25) is 0 Å². The molecule has 0 unspecified atom stereocenters. The van der Waals surface area contributed by atoms with Crippen molar-refractivity contribution in [1.82, 2.24) is 0 Å². The predicted octanol–water partition coefficient (Wildman–Crippen LogP) is 4.93. The maximum absolute atomic E-state index is 4.40. The molecule has 0 aromatic rings. The Balaban J connectivity index is -0.000000119. The summed E-state index contributed by atoms with van der Waals surface area (Å²) in [5.41, 5.74) is 1.49. The average Bonchev–Trinajstić information content (AvgIpc) is 2.71. The number of piperidine rings is 3. The second-order valence-electron chi connectivity index (χ2n) is 7.35. The molecule has 0 aliphatic carbocycles. The zero-order valence-corrected chi connectivity index (χ0v) is 31.3. The second kappa shape index (κ2) is 26.4. The van der Waals surface area contributed by atoms with Gasteiger partial charge in [-0.25, -0.2) is 0 Å². The summed E-state index contributed by atoms with van der Waals surface area (Å²) in [6.07, 6.45) is 14.2. The van der Waals surface area contributed by atoms with Gasteiger partial charge in [0.2, 0.25) is 0 Å². The van der Waals surface area contributed by atoms with E-state index in [9.17, 15) is 0 Å². The van der Waals surface area contributed by atoms with Crippen molar-refractivity contribution in [1.29, 1.82) is 0 Å². The molecule has 0 bridgehead atoms. The molecule has 3 saturated heterocycles. The number of rotatable bonds is 2. The van der Waals surface area contributed by atoms with Crippen LogP contribution in [0, 0.1) is 17.8 Å². The molecule has 0 radical (unpaired) electrons. The van der Waals surface area contributed by atoms with E-state index >= 15 is 0 Å². The molecule has 8 nitrogen and oxygen atoms in total. The quantitative estimate of drug-likeness (QED) is 0.349. The third-order valence-electron chi connectivity index (χ3n) is 5.85. The van der Waals surface area contributed by atoms with E-state index in [1.54, 1.807) is 0 Å². The van der Waals surface area contributed by atoms with Gasteiger partial charge in [-0.05, 0) is 17.8 Å². The predicted molar refractivity (Wildman–Crippen MR) is 121 cm³/mol. The van der Waals surface area contributed by atoms with Crippen LogP contribution in [-0.2, 0) is 81.9 Å². The standard InChI is InChI=1S/C10H18N2.C10H14N2.3Cd.2H2N.2H2O/c2*1-5-11-6-2-9(1)10-3-7-12-8-4-10;;;;;;;/h9-10H,1-8H2;1-2,5,10H,3-4,6-8H2;;;;4*1H2/q2*-2;3*+2;2*-1;;. The Bertz CT molecular complexity index is 413. The van der Waals surface area contributed by atoms with Crippen molar-refractivity contribution in [3.05, 3.63) is 57.5 Å². The Labute approximate surface area is 250 Å². The fraction of sp³-hybridized carbons (Fsp3) is 0.800. The fourth-order valence-electron chi connectivity index (χ4n) is 4.30. The van der Waals surface area contributed by atoms with Crippen molar-refractivity contribution in [2.75, 3.05) is 45.8 Å². The van der Waals surface area contributed by atoms with Crippen LogP contribution in [-0.4, -0.2) is 56.8 Å². The van der Waals surface area contributed by atoms with Gasteiger partial charge in [0.05, 0.1) is 0 Å². The summed E-state index contributed by atoms with van der Waals surface area (Å²) in [5, 5.41) is 17.3. The van der Waals surface area contributed by atoms with Crippen LogP contribution in [0.1, 0.15) is 38.5 Å². The third kappa shape index (κ3) is 16.1. The Morgan fingerprint density at radius 1 is 0.613 bits per heavy atom. The third-order valence-corrected chi connectivity index (χ3v) is 5.85. The Morgan fingerprint density at radius 2 is 1.00 bits per heavy atom. The molecule has 0 spiro atoms. The first-order valence-electron chi connectivity index (χ1n) is 9.86. The van der Waals surface area contributed by atoms with Gasteiger partial charge in [0.1, 0.15) is 0 Å². The van der Waals surface area contributed by atoms with E-state index in [1.165, 1.54) is 44.1 Å². The van der Waals surface area contributed by atoms with E-state index in [0.29, 0.717) is 0 Å². The molecular weight excluding hydrogens is 693 g/mol. The number of nitrogens with two attached hydrogens (primary N) is 2. The normalized spacial score (nSPS) is 20.8. The minimum Gasteiger partial charge on any atom is -0.693 e. The van der Waals surface area contributed by atoms with Crippen molar-refractivity contribution in [2.45, 2.75) is 38.5 Å². The van der Waals surface area contributed by atoms with Gasteiger partial charge < -0.3 is 44.5 Å². The largest absolute Gasteiger partial charge is 2.00 e. The van der Waals surface area contributed by atoms with Gasteiger partial charge in [-0.1, -0.05) is 56.3 Å². The van der Waals surface area contributed by atoms with Gasteiger partial charge >= 0.3 is 81.9 Å². The Kier molecular flexibility index (Phi) is 36.5. The van der Waals surface area contributed by atoms with Gasteiger partial charge in [0, 0.05) is 0 Å². The van der Waals surface area contributed by atoms with E-state index in [2.05, 4.69) is 33.4 Å². The number of allylic oxidation sites excluding steroid dienone is 2. The van der Waals surface area contributed by atoms with Crippen LogP contribution >= 0.6 is 0 Å². The van der Waals surface area contributed by atoms with E-state index < -0.39 is 0 Å². The van der Waals surface area contributed by atoms with E-state index in [0.717, 1.165) is 63.6 Å². The molecule has 0 aromatic carbocycles. The molecule has 0 atom stereocenters. The van der Waals surface area contributed by atoms with Crippen molar-refractivity contribution in [2.24, 2.45) is 17.8 Å². The zero-order chi connectivity index (χ0) is 16.5. The Hall–Kier alpha value is 1.77. The summed E-state index contributed by atoms with van der Waals surface area (Å²) in [6, 6.07) is 0. The monoisotopic (exact) mass is 738 g/mol. The summed E-state index contributed by atoms with van der Waals surface area (Å²) < 4.78 is 0. The minimum absolute atomic E-state index is 0. The summed E-state index contributed by atoms with van der Waals surface area (Å²) in [4.78, 5) is 0. The van der Waals surface area contributed by atoms with Crippen LogP contribution in [0.25, 0.3) is 33.6 Å². The van der Waals surface area contributed by atoms with Crippen molar-refractivity contribution in [3.8, 4) is 0 Å². The molecule has 3 fully saturated rings. The Morgan fingerprint density at radius 3 is 1.35 bits per heavy atom. The van der Waals surface area contributed by atoms with Crippen molar-refractivity contribution in [3.63, 3.8) is 0 Å². The van der Waals surface area contributed by atoms with Gasteiger partial charge in [-0.3, -0.25) is 0 Å². The maximum Gasteiger partial charge on any atom is 2.00 e. The maximum atomic E-state index is 4.40. The molecule has 11 heteroatoms. The van der Waals surface area contributed by atoms with E-state index in [-0.39, 0.29) is 105 Å². The fourth-order valence-corrected chi connectivity index (χ4v) is 4.30. The molecule has 4 aliphatic rings. The molecular formula is C20H40Cd3N6O2. The molecule has 4 heterocycles. The molecule has 8 N–H and O–H groups in total. The smallest absolute Gasteiger partial charge is 0.693 e. The van der Waals surface area contributed by atoms with Crippen LogP contribution in [0.3, 0.4) is 0 Å². The topological polar surface area (TPSA) is 186 Å². The number of hydrogen-bond donors (Lipinski definition) is 0. The second-order valence-corrected chi connectivity index (χ2v) is 7.35. The number of hydrogen-bond acceptors (Lipinski definition) is 0. The van der Waals surface area contributed by atoms with Gasteiger partial charge in [0.15, 0.2) is 0 Å². The van der Waals surface area contributed by atoms with Gasteiger partial charge in [-0.15, -0.1) is 45.8 Å². The summed E-state index contributed by atoms with van der Waals surface area (Å²) in [5.74, 6) is 2.73. The molecule has 0 saturated carbocycles. The molecule has 168 valence electrons. The van der Waals surface area contributed by atoms with Crippen molar-refractivity contribution < 1.29 is 92.8 Å². The van der Waals surface area contributed by atoms with Crippen LogP contribution in [0.5, 0.6) is 0 Å². The summed E-state index contributed by atoms with van der Waals surface area (Å²) in [7, 11) is 0. The number of nitrogens with zero attached hydrogens (tertiary/aromatic N) is 4. The van der Waals surface area contributed by atoms with E-state index in [4.69, 9.17) is 0 Å². The van der Waals surface area contributed by atoms with Gasteiger partial charge in [-0.2, -0.15) is 6.20 Å². The first kappa shape index (κ1) is 42.9. The van der Waals surface area contributed by atoms with Crippen molar-refractivity contribution >= 4 is 0 Å². The molecule has 0 aromatic heterocycles. The van der Waals surface area contributed by atoms with E-state index in [1.807, 2.05) is 6.20 Å². The van der Waals surface area contributed by atoms with Crippen LogP contribution in [0.4, 0.5) is 0 Å². The first-order chi connectivity index (χ1) is 11.9. The minimum atomic E-state index is 0. The first-order valence-corrected chi connectivity index (χ1v) is 9.86. The molecule has 4 aliphatic heterocycles. The average molecular weight is 734 g/mol. The molecule has 31 heavy (non-hydrogen) atoms. The molecule has 0 amide bonds. The molecule has 4 rings (SSSR count). The van der Waals surface area contributed by atoms with Gasteiger partial charge in [0.25, 0.3) is 0 Å². The zero-order valence-electron chi connectivity index (χ0n) is 19.2. The van der Waals surface area contributed by atoms with Crippen LogP contribution < -0.4 is 0 Å². The van der Waals surface area contributed by atoms with Crippen LogP contribution in [0.15, 0.2) is 23.9 Å².